The van der Waals surface area contributed by atoms with Gasteiger partial charge in [0, 0.05) is 13.1 Å². The predicted octanol–water partition coefficient (Wildman–Crippen LogP) is -0.887. The van der Waals surface area contributed by atoms with Gasteiger partial charge in [0.05, 0.1) is 18.5 Å². The molecule has 0 aliphatic heterocycles. The summed E-state index contributed by atoms with van der Waals surface area (Å²) in [7, 11) is 1.63. The smallest absolute Gasteiger partial charge is 0.271 e. The summed E-state index contributed by atoms with van der Waals surface area (Å²) < 4.78 is 1.40. The minimum atomic E-state index is -0.330. The molecule has 0 aliphatic rings. The molecule has 0 bridgehead atoms. The molecular weight excluding hydrogens is 184 g/mol. The molecule has 0 aliphatic carbocycles. The van der Waals surface area contributed by atoms with Gasteiger partial charge in [-0.3, -0.25) is 9.48 Å². The highest BCUT2D eigenvalue weighted by atomic mass is 16.3. The number of hydrogen-bond donors (Lipinski definition) is 3. The Hall–Kier alpha value is -1.56. The van der Waals surface area contributed by atoms with Gasteiger partial charge in [0.15, 0.2) is 0 Å². The van der Waals surface area contributed by atoms with Gasteiger partial charge in [0.25, 0.3) is 5.91 Å². The summed E-state index contributed by atoms with van der Waals surface area (Å²) in [5, 5.41) is 15.2. The first-order valence-electron chi connectivity index (χ1n) is 4.25. The Morgan fingerprint density at radius 1 is 1.86 bits per heavy atom. The summed E-state index contributed by atoms with van der Waals surface area (Å²) in [4.78, 5) is 11.6. The first-order valence-corrected chi connectivity index (χ1v) is 4.25. The number of aromatic nitrogens is 2. The Labute approximate surface area is 81.7 Å². The summed E-state index contributed by atoms with van der Waals surface area (Å²) in [6.07, 6.45) is 1.42. The topological polar surface area (TPSA) is 93.2 Å². The van der Waals surface area contributed by atoms with Crippen LogP contribution in [0.25, 0.3) is 0 Å². The quantitative estimate of drug-likeness (QED) is 0.587. The van der Waals surface area contributed by atoms with Crippen LogP contribution >= 0.6 is 0 Å². The number of carbonyl (C=O) groups excluding carboxylic acids is 1. The molecule has 6 heteroatoms. The van der Waals surface area contributed by atoms with Gasteiger partial charge in [-0.05, 0) is 6.92 Å². The number of aryl methyl sites for hydroxylation is 1. The van der Waals surface area contributed by atoms with Crippen molar-refractivity contribution in [2.24, 2.45) is 7.05 Å². The zero-order valence-corrected chi connectivity index (χ0v) is 8.19. The van der Waals surface area contributed by atoms with E-state index in [1.165, 1.54) is 10.9 Å². The number of rotatable bonds is 3. The van der Waals surface area contributed by atoms with Crippen LogP contribution in [0, 0.1) is 0 Å². The zero-order chi connectivity index (χ0) is 10.7. The highest BCUT2D eigenvalue weighted by Gasteiger charge is 2.16. The molecule has 78 valence electrons. The SMILES string of the molecule is C[C@@H](CO)NC(=O)c1c(N)cnn1C. The minimum absolute atomic E-state index is 0.108. The van der Waals surface area contributed by atoms with Gasteiger partial charge in [-0.25, -0.2) is 0 Å². The average Bonchev–Trinajstić information content (AvgIpc) is 2.46. The number of nitrogens with zero attached hydrogens (tertiary/aromatic N) is 2. The maximum Gasteiger partial charge on any atom is 0.271 e. The molecule has 14 heavy (non-hydrogen) atoms. The number of nitrogen functional groups attached to an aromatic ring is 1. The number of aliphatic hydroxyl groups excluding tert-OH is 1. The van der Waals surface area contributed by atoms with Crippen LogP contribution in [0.3, 0.4) is 0 Å². The van der Waals surface area contributed by atoms with Crippen LogP contribution in [0.2, 0.25) is 0 Å². The number of amides is 1. The molecular formula is C8H14N4O2. The van der Waals surface area contributed by atoms with Gasteiger partial charge in [-0.1, -0.05) is 0 Å². The van der Waals surface area contributed by atoms with Crippen LogP contribution in [0.5, 0.6) is 0 Å². The Kier molecular flexibility index (Phi) is 3.08. The second-order valence-corrected chi connectivity index (χ2v) is 3.13. The molecule has 1 atom stereocenters. The molecule has 0 fully saturated rings. The lowest BCUT2D eigenvalue weighted by Crippen LogP contribution is -2.36. The monoisotopic (exact) mass is 198 g/mol. The fourth-order valence-electron chi connectivity index (χ4n) is 1.07. The molecule has 1 aromatic heterocycles. The Balaban J connectivity index is 2.79. The fraction of sp³-hybridized carbons (Fsp3) is 0.500. The van der Waals surface area contributed by atoms with Crippen molar-refractivity contribution in [3.63, 3.8) is 0 Å². The molecule has 0 saturated heterocycles. The zero-order valence-electron chi connectivity index (χ0n) is 8.19. The first-order chi connectivity index (χ1) is 6.56. The summed E-state index contributed by atoms with van der Waals surface area (Å²) in [5.41, 5.74) is 6.19. The van der Waals surface area contributed by atoms with E-state index in [0.29, 0.717) is 11.4 Å². The Morgan fingerprint density at radius 2 is 2.50 bits per heavy atom. The van der Waals surface area contributed by atoms with E-state index >= 15 is 0 Å². The number of nitrogens with one attached hydrogen (secondary N) is 1. The number of anilines is 1. The highest BCUT2D eigenvalue weighted by Crippen LogP contribution is 2.08. The van der Waals surface area contributed by atoms with Crippen molar-refractivity contribution in [2.75, 3.05) is 12.3 Å². The van der Waals surface area contributed by atoms with Gasteiger partial charge >= 0.3 is 0 Å². The van der Waals surface area contributed by atoms with Crippen molar-refractivity contribution >= 4 is 11.6 Å². The fourth-order valence-corrected chi connectivity index (χ4v) is 1.07. The summed E-state index contributed by atoms with van der Waals surface area (Å²) in [6.45, 7) is 1.59. The maximum absolute atomic E-state index is 11.6. The first kappa shape index (κ1) is 10.5. The van der Waals surface area contributed by atoms with E-state index < -0.39 is 0 Å². The minimum Gasteiger partial charge on any atom is -0.396 e. The summed E-state index contributed by atoms with van der Waals surface area (Å²) >= 11 is 0. The summed E-state index contributed by atoms with van der Waals surface area (Å²) in [6, 6.07) is -0.295. The van der Waals surface area contributed by atoms with Crippen LogP contribution < -0.4 is 11.1 Å². The average molecular weight is 198 g/mol. The van der Waals surface area contributed by atoms with Crippen LogP contribution in [0.4, 0.5) is 5.69 Å². The molecule has 0 saturated carbocycles. The predicted molar refractivity (Wildman–Crippen MR) is 51.6 cm³/mol. The van der Waals surface area contributed by atoms with Gasteiger partial charge in [0.1, 0.15) is 5.69 Å². The molecule has 1 heterocycles. The van der Waals surface area contributed by atoms with E-state index in [4.69, 9.17) is 10.8 Å². The normalized spacial score (nSPS) is 12.5. The maximum atomic E-state index is 11.6. The van der Waals surface area contributed by atoms with Crippen LogP contribution in [0.15, 0.2) is 6.20 Å². The van der Waals surface area contributed by atoms with Crippen molar-refractivity contribution in [2.45, 2.75) is 13.0 Å². The van der Waals surface area contributed by atoms with Crippen LogP contribution in [0.1, 0.15) is 17.4 Å². The lowest BCUT2D eigenvalue weighted by molar-refractivity contribution is 0.0913. The Morgan fingerprint density at radius 3 is 2.93 bits per heavy atom. The Bertz CT molecular complexity index is 315. The molecule has 6 nitrogen and oxygen atoms in total. The van der Waals surface area contributed by atoms with Crippen molar-refractivity contribution in [3.8, 4) is 0 Å². The van der Waals surface area contributed by atoms with E-state index in [1.54, 1.807) is 14.0 Å². The van der Waals surface area contributed by atoms with E-state index in [-0.39, 0.29) is 18.6 Å². The largest absolute Gasteiger partial charge is 0.396 e. The molecule has 1 aromatic rings. The van der Waals surface area contributed by atoms with Crippen molar-refractivity contribution < 1.29 is 9.90 Å². The second-order valence-electron chi connectivity index (χ2n) is 3.13. The number of carbonyl (C=O) groups is 1. The second kappa shape index (κ2) is 4.10. The van der Waals surface area contributed by atoms with Crippen LogP contribution in [-0.4, -0.2) is 33.4 Å². The van der Waals surface area contributed by atoms with Crippen molar-refractivity contribution in [3.05, 3.63) is 11.9 Å². The lowest BCUT2D eigenvalue weighted by atomic mass is 10.3. The third-order valence-electron chi connectivity index (χ3n) is 1.83. The molecule has 1 amide bonds. The third kappa shape index (κ3) is 2.02. The molecule has 0 spiro atoms. The van der Waals surface area contributed by atoms with E-state index in [2.05, 4.69) is 10.4 Å². The molecule has 1 rings (SSSR count). The summed E-state index contributed by atoms with van der Waals surface area (Å²) in [5.74, 6) is -0.330. The van der Waals surface area contributed by atoms with E-state index in [1.807, 2.05) is 0 Å². The van der Waals surface area contributed by atoms with Crippen molar-refractivity contribution in [1.82, 2.24) is 15.1 Å². The highest BCUT2D eigenvalue weighted by molar-refractivity contribution is 5.97. The third-order valence-corrected chi connectivity index (χ3v) is 1.83. The number of aliphatic hydroxyl groups is 1. The van der Waals surface area contributed by atoms with Crippen molar-refractivity contribution in [1.29, 1.82) is 0 Å². The molecule has 0 aromatic carbocycles. The lowest BCUT2D eigenvalue weighted by Gasteiger charge is -2.10. The van der Waals surface area contributed by atoms with Crippen LogP contribution in [-0.2, 0) is 7.05 Å². The standard InChI is InChI=1S/C8H14N4O2/c1-5(4-13)11-8(14)7-6(9)3-10-12(7)2/h3,5,13H,4,9H2,1-2H3,(H,11,14)/t5-/m0/s1. The van der Waals surface area contributed by atoms with Gasteiger partial charge in [0.2, 0.25) is 0 Å². The van der Waals surface area contributed by atoms with Gasteiger partial charge in [-0.15, -0.1) is 0 Å². The van der Waals surface area contributed by atoms with E-state index in [0.717, 1.165) is 0 Å². The van der Waals surface area contributed by atoms with E-state index in [9.17, 15) is 4.79 Å². The number of nitrogens with two attached hydrogens (primary N) is 1. The molecule has 0 radical (unpaired) electrons. The number of hydrogen-bond acceptors (Lipinski definition) is 4. The van der Waals surface area contributed by atoms with Gasteiger partial charge < -0.3 is 16.2 Å². The molecule has 0 unspecified atom stereocenters. The van der Waals surface area contributed by atoms with Gasteiger partial charge in [-0.2, -0.15) is 5.10 Å². The molecule has 4 N–H and O–H groups in total.